The highest BCUT2D eigenvalue weighted by molar-refractivity contribution is 5.38. The molecule has 2 rings (SSSR count). The zero-order valence-corrected chi connectivity index (χ0v) is 13.0. The number of hydrogen-bond donors (Lipinski definition) is 2. The molecule has 2 N–H and O–H groups in total. The molecular formula is C14H23N7. The monoisotopic (exact) mass is 289 g/mol. The topological polar surface area (TPSA) is 80.5 Å². The molecule has 0 saturated carbocycles. The predicted molar refractivity (Wildman–Crippen MR) is 83.7 cm³/mol. The van der Waals surface area contributed by atoms with E-state index in [4.69, 9.17) is 0 Å². The lowest BCUT2D eigenvalue weighted by molar-refractivity contribution is 0.492. The molecule has 2 aromatic heterocycles. The summed E-state index contributed by atoms with van der Waals surface area (Å²) in [6.07, 6.45) is 6.29. The Balaban J connectivity index is 2.27. The van der Waals surface area contributed by atoms with E-state index in [1.807, 2.05) is 13.1 Å². The van der Waals surface area contributed by atoms with E-state index >= 15 is 0 Å². The van der Waals surface area contributed by atoms with Crippen LogP contribution < -0.4 is 10.6 Å². The summed E-state index contributed by atoms with van der Waals surface area (Å²) in [6.45, 7) is 9.29. The Bertz CT molecular complexity index is 552. The molecule has 0 bridgehead atoms. The molecule has 0 aliphatic heterocycles. The molecule has 0 aliphatic carbocycles. The minimum Gasteiger partial charge on any atom is -0.354 e. The summed E-state index contributed by atoms with van der Waals surface area (Å²) >= 11 is 0. The molecule has 2 atom stereocenters. The van der Waals surface area contributed by atoms with Gasteiger partial charge in [0.1, 0.15) is 6.33 Å². The highest BCUT2D eigenvalue weighted by atomic mass is 15.3. The molecule has 2 heterocycles. The molecule has 2 unspecified atom stereocenters. The number of hydrogen-bond acceptors (Lipinski definition) is 6. The number of nitrogens with one attached hydrogen (secondary N) is 2. The van der Waals surface area contributed by atoms with E-state index in [1.165, 1.54) is 0 Å². The summed E-state index contributed by atoms with van der Waals surface area (Å²) in [4.78, 5) is 17.3. The first-order valence-corrected chi connectivity index (χ1v) is 7.38. The zero-order valence-electron chi connectivity index (χ0n) is 13.0. The van der Waals surface area contributed by atoms with Gasteiger partial charge in [0.05, 0.1) is 0 Å². The number of nitrogens with zero attached hydrogens (tertiary/aromatic N) is 5. The molecule has 2 aromatic rings. The Morgan fingerprint density at radius 3 is 2.52 bits per heavy atom. The Labute approximate surface area is 125 Å². The molecule has 7 heteroatoms. The second-order valence-corrected chi connectivity index (χ2v) is 5.10. The minimum absolute atomic E-state index is 0.294. The lowest BCUT2D eigenvalue weighted by Crippen LogP contribution is -2.25. The maximum atomic E-state index is 4.46. The summed E-state index contributed by atoms with van der Waals surface area (Å²) in [6, 6.07) is 0.294. The lowest BCUT2D eigenvalue weighted by Gasteiger charge is -2.20. The summed E-state index contributed by atoms with van der Waals surface area (Å²) in [5.41, 5.74) is 0. The molecule has 0 aliphatic rings. The van der Waals surface area contributed by atoms with Gasteiger partial charge in [-0.15, -0.1) is 0 Å². The van der Waals surface area contributed by atoms with Gasteiger partial charge in [0, 0.05) is 25.0 Å². The molecule has 0 fully saturated rings. The number of aromatic nitrogens is 5. The van der Waals surface area contributed by atoms with Gasteiger partial charge in [-0.2, -0.15) is 15.0 Å². The molecule has 0 spiro atoms. The van der Waals surface area contributed by atoms with Crippen molar-refractivity contribution in [3.63, 3.8) is 0 Å². The van der Waals surface area contributed by atoms with E-state index < -0.39 is 0 Å². The second kappa shape index (κ2) is 7.01. The highest BCUT2D eigenvalue weighted by Gasteiger charge is 2.13. The Kier molecular flexibility index (Phi) is 5.08. The summed E-state index contributed by atoms with van der Waals surface area (Å²) in [5.74, 6) is 2.24. The van der Waals surface area contributed by atoms with Crippen LogP contribution in [0.5, 0.6) is 0 Å². The molecule has 114 valence electrons. The molecule has 0 radical (unpaired) electrons. The van der Waals surface area contributed by atoms with E-state index in [0.29, 0.717) is 29.8 Å². The van der Waals surface area contributed by atoms with Crippen LogP contribution in [0, 0.1) is 5.92 Å². The van der Waals surface area contributed by atoms with Crippen molar-refractivity contribution in [1.29, 1.82) is 0 Å². The van der Waals surface area contributed by atoms with Gasteiger partial charge in [-0.3, -0.25) is 4.57 Å². The first-order valence-electron chi connectivity index (χ1n) is 7.38. The van der Waals surface area contributed by atoms with E-state index in [2.05, 4.69) is 51.3 Å². The smallest absolute Gasteiger partial charge is 0.241 e. The molecule has 0 aromatic carbocycles. The minimum atomic E-state index is 0.294. The molecule has 0 saturated heterocycles. The standard InChI is InChI=1S/C14H23N7/c1-5-10(3)11(4)17-13-18-12(16-6-2)19-14(20-13)21-8-7-15-9-21/h7-11H,5-6H2,1-4H3,(H2,16,17,18,19,20). The average molecular weight is 289 g/mol. The van der Waals surface area contributed by atoms with Crippen molar-refractivity contribution >= 4 is 11.9 Å². The number of anilines is 2. The van der Waals surface area contributed by atoms with Gasteiger partial charge in [-0.05, 0) is 19.8 Å². The zero-order chi connectivity index (χ0) is 15.2. The second-order valence-electron chi connectivity index (χ2n) is 5.10. The van der Waals surface area contributed by atoms with Gasteiger partial charge in [0.25, 0.3) is 0 Å². The van der Waals surface area contributed by atoms with Gasteiger partial charge in [-0.25, -0.2) is 4.98 Å². The van der Waals surface area contributed by atoms with Crippen molar-refractivity contribution < 1.29 is 0 Å². The fraction of sp³-hybridized carbons (Fsp3) is 0.571. The van der Waals surface area contributed by atoms with Crippen LogP contribution in [0.25, 0.3) is 5.95 Å². The molecule has 0 amide bonds. The fourth-order valence-corrected chi connectivity index (χ4v) is 1.86. The van der Waals surface area contributed by atoms with Crippen LogP contribution in [0.4, 0.5) is 11.9 Å². The van der Waals surface area contributed by atoms with Crippen molar-refractivity contribution in [2.45, 2.75) is 40.2 Å². The summed E-state index contributed by atoms with van der Waals surface area (Å²) in [5, 5.41) is 6.49. The third-order valence-electron chi connectivity index (χ3n) is 3.55. The number of imidazole rings is 1. The van der Waals surface area contributed by atoms with Gasteiger partial charge in [0.15, 0.2) is 0 Å². The quantitative estimate of drug-likeness (QED) is 0.814. The summed E-state index contributed by atoms with van der Waals surface area (Å²) < 4.78 is 1.77. The van der Waals surface area contributed by atoms with Crippen molar-refractivity contribution in [2.24, 2.45) is 5.92 Å². The summed E-state index contributed by atoms with van der Waals surface area (Å²) in [7, 11) is 0. The van der Waals surface area contributed by atoms with Crippen molar-refractivity contribution in [1.82, 2.24) is 24.5 Å². The van der Waals surface area contributed by atoms with Crippen LogP contribution >= 0.6 is 0 Å². The SMILES string of the molecule is CCNc1nc(NC(C)C(C)CC)nc(-n2ccnc2)n1. The third kappa shape index (κ3) is 3.90. The van der Waals surface area contributed by atoms with Crippen LogP contribution in [0.2, 0.25) is 0 Å². The highest BCUT2D eigenvalue weighted by Crippen LogP contribution is 2.14. The lowest BCUT2D eigenvalue weighted by atomic mass is 10.0. The Hall–Kier alpha value is -2.18. The van der Waals surface area contributed by atoms with Gasteiger partial charge < -0.3 is 10.6 Å². The number of rotatable bonds is 7. The van der Waals surface area contributed by atoms with Gasteiger partial charge in [0.2, 0.25) is 17.8 Å². The molecule has 21 heavy (non-hydrogen) atoms. The van der Waals surface area contributed by atoms with E-state index in [9.17, 15) is 0 Å². The largest absolute Gasteiger partial charge is 0.354 e. The Morgan fingerprint density at radius 2 is 1.90 bits per heavy atom. The molecule has 7 nitrogen and oxygen atoms in total. The Morgan fingerprint density at radius 1 is 1.14 bits per heavy atom. The van der Waals surface area contributed by atoms with Crippen molar-refractivity contribution in [2.75, 3.05) is 17.2 Å². The third-order valence-corrected chi connectivity index (χ3v) is 3.55. The van der Waals surface area contributed by atoms with Crippen LogP contribution in [-0.4, -0.2) is 37.1 Å². The van der Waals surface area contributed by atoms with E-state index in [-0.39, 0.29) is 0 Å². The van der Waals surface area contributed by atoms with Gasteiger partial charge in [-0.1, -0.05) is 20.3 Å². The van der Waals surface area contributed by atoms with Crippen LogP contribution in [0.15, 0.2) is 18.7 Å². The first-order chi connectivity index (χ1) is 10.1. The normalized spacial score (nSPS) is 13.7. The first kappa shape index (κ1) is 15.2. The predicted octanol–water partition coefficient (Wildman–Crippen LogP) is 2.34. The molecular weight excluding hydrogens is 266 g/mol. The van der Waals surface area contributed by atoms with E-state index in [1.54, 1.807) is 17.1 Å². The van der Waals surface area contributed by atoms with Crippen LogP contribution in [0.3, 0.4) is 0 Å². The van der Waals surface area contributed by atoms with E-state index in [0.717, 1.165) is 13.0 Å². The van der Waals surface area contributed by atoms with Gasteiger partial charge >= 0.3 is 0 Å². The maximum absolute atomic E-state index is 4.46. The van der Waals surface area contributed by atoms with Crippen molar-refractivity contribution in [3.05, 3.63) is 18.7 Å². The van der Waals surface area contributed by atoms with Crippen LogP contribution in [-0.2, 0) is 0 Å². The fourth-order valence-electron chi connectivity index (χ4n) is 1.86. The maximum Gasteiger partial charge on any atom is 0.241 e. The van der Waals surface area contributed by atoms with Crippen LogP contribution in [0.1, 0.15) is 34.1 Å². The van der Waals surface area contributed by atoms with Crippen molar-refractivity contribution in [3.8, 4) is 5.95 Å². The average Bonchev–Trinajstić information content (AvgIpc) is 3.00.